The van der Waals surface area contributed by atoms with E-state index >= 15 is 0 Å². The first kappa shape index (κ1) is 11.4. The standard InChI is InChI=1S/C9H13F3N4/c10-9(11,12)5-7-14-8(16-15-7)6-1-3-13-4-2-6/h6,13H,1-5H2,(H,14,15,16). The highest BCUT2D eigenvalue weighted by atomic mass is 19.4. The molecular formula is C9H13F3N4. The number of H-pyrrole nitrogens is 1. The second-order valence-electron chi connectivity index (χ2n) is 3.96. The first-order valence-electron chi connectivity index (χ1n) is 5.23. The van der Waals surface area contributed by atoms with Crippen molar-refractivity contribution in [3.05, 3.63) is 11.6 Å². The number of nitrogens with one attached hydrogen (secondary N) is 2. The van der Waals surface area contributed by atoms with E-state index in [0.717, 1.165) is 25.9 Å². The molecule has 2 N–H and O–H groups in total. The van der Waals surface area contributed by atoms with Gasteiger partial charge in [0.2, 0.25) is 0 Å². The van der Waals surface area contributed by atoms with E-state index < -0.39 is 12.6 Å². The molecule has 0 saturated carbocycles. The maximum Gasteiger partial charge on any atom is 0.396 e. The molecule has 0 aromatic carbocycles. The van der Waals surface area contributed by atoms with Crippen LogP contribution in [0.5, 0.6) is 0 Å². The summed E-state index contributed by atoms with van der Waals surface area (Å²) < 4.78 is 36.3. The highest BCUT2D eigenvalue weighted by Gasteiger charge is 2.30. The van der Waals surface area contributed by atoms with Gasteiger partial charge in [-0.3, -0.25) is 5.10 Å². The summed E-state index contributed by atoms with van der Waals surface area (Å²) in [6.07, 6.45) is -3.51. The second kappa shape index (κ2) is 4.40. The van der Waals surface area contributed by atoms with E-state index in [2.05, 4.69) is 20.5 Å². The van der Waals surface area contributed by atoms with Crippen LogP contribution in [0, 0.1) is 0 Å². The molecule has 1 aromatic rings. The Kier molecular flexibility index (Phi) is 3.13. The van der Waals surface area contributed by atoms with Crippen LogP contribution in [0.2, 0.25) is 0 Å². The van der Waals surface area contributed by atoms with Gasteiger partial charge in [-0.2, -0.15) is 18.3 Å². The van der Waals surface area contributed by atoms with E-state index in [1.807, 2.05) is 0 Å². The molecule has 2 heterocycles. The smallest absolute Gasteiger partial charge is 0.317 e. The summed E-state index contributed by atoms with van der Waals surface area (Å²) in [5.41, 5.74) is 0. The largest absolute Gasteiger partial charge is 0.396 e. The first-order valence-corrected chi connectivity index (χ1v) is 5.23. The van der Waals surface area contributed by atoms with Crippen molar-refractivity contribution in [1.82, 2.24) is 20.5 Å². The molecule has 1 aromatic heterocycles. The predicted octanol–water partition coefficient (Wildman–Crippen LogP) is 1.38. The number of rotatable bonds is 2. The van der Waals surface area contributed by atoms with Gasteiger partial charge in [-0.25, -0.2) is 4.98 Å². The van der Waals surface area contributed by atoms with Gasteiger partial charge in [0.25, 0.3) is 0 Å². The second-order valence-corrected chi connectivity index (χ2v) is 3.96. The highest BCUT2D eigenvalue weighted by molar-refractivity contribution is 5.00. The van der Waals surface area contributed by atoms with Crippen LogP contribution < -0.4 is 5.32 Å². The number of aromatic amines is 1. The van der Waals surface area contributed by atoms with Gasteiger partial charge in [-0.15, -0.1) is 0 Å². The lowest BCUT2D eigenvalue weighted by Gasteiger charge is -2.19. The van der Waals surface area contributed by atoms with Crippen molar-refractivity contribution in [1.29, 1.82) is 0 Å². The average molecular weight is 234 g/mol. The van der Waals surface area contributed by atoms with Crippen molar-refractivity contribution in [3.63, 3.8) is 0 Å². The van der Waals surface area contributed by atoms with Gasteiger partial charge in [0.1, 0.15) is 12.2 Å². The van der Waals surface area contributed by atoms with E-state index in [1.54, 1.807) is 0 Å². The van der Waals surface area contributed by atoms with Crippen LogP contribution in [-0.4, -0.2) is 34.4 Å². The molecule has 7 heteroatoms. The van der Waals surface area contributed by atoms with Gasteiger partial charge in [-0.05, 0) is 25.9 Å². The molecule has 0 spiro atoms. The Morgan fingerprint density at radius 3 is 2.56 bits per heavy atom. The van der Waals surface area contributed by atoms with Crippen LogP contribution in [-0.2, 0) is 6.42 Å². The van der Waals surface area contributed by atoms with Gasteiger partial charge >= 0.3 is 6.18 Å². The zero-order chi connectivity index (χ0) is 11.6. The topological polar surface area (TPSA) is 53.6 Å². The Bertz CT molecular complexity index is 341. The highest BCUT2D eigenvalue weighted by Crippen LogP contribution is 2.23. The van der Waals surface area contributed by atoms with Crippen molar-refractivity contribution in [2.75, 3.05) is 13.1 Å². The van der Waals surface area contributed by atoms with Crippen molar-refractivity contribution < 1.29 is 13.2 Å². The number of aromatic nitrogens is 3. The molecule has 0 unspecified atom stereocenters. The lowest BCUT2D eigenvalue weighted by atomic mass is 9.98. The first-order chi connectivity index (χ1) is 7.54. The predicted molar refractivity (Wildman–Crippen MR) is 51.0 cm³/mol. The molecule has 16 heavy (non-hydrogen) atoms. The number of piperidine rings is 1. The molecule has 1 aliphatic heterocycles. The maximum absolute atomic E-state index is 12.1. The third kappa shape index (κ3) is 2.94. The van der Waals surface area contributed by atoms with Gasteiger partial charge in [0.05, 0.1) is 0 Å². The molecule has 4 nitrogen and oxygen atoms in total. The van der Waals surface area contributed by atoms with E-state index in [4.69, 9.17) is 0 Å². The number of nitrogens with zero attached hydrogens (tertiary/aromatic N) is 2. The van der Waals surface area contributed by atoms with Crippen LogP contribution in [0.3, 0.4) is 0 Å². The van der Waals surface area contributed by atoms with Gasteiger partial charge in [-0.1, -0.05) is 0 Å². The number of halogens is 3. The fraction of sp³-hybridized carbons (Fsp3) is 0.778. The van der Waals surface area contributed by atoms with Gasteiger partial charge < -0.3 is 5.32 Å². The van der Waals surface area contributed by atoms with Crippen LogP contribution >= 0.6 is 0 Å². The van der Waals surface area contributed by atoms with E-state index in [0.29, 0.717) is 5.82 Å². The molecule has 1 saturated heterocycles. The Hall–Kier alpha value is -1.11. The average Bonchev–Trinajstić information content (AvgIpc) is 2.65. The molecule has 0 aliphatic carbocycles. The fourth-order valence-electron chi connectivity index (χ4n) is 1.84. The summed E-state index contributed by atoms with van der Waals surface area (Å²) in [7, 11) is 0. The number of hydrogen-bond acceptors (Lipinski definition) is 3. The summed E-state index contributed by atoms with van der Waals surface area (Å²) in [6.45, 7) is 1.74. The molecule has 0 amide bonds. The van der Waals surface area contributed by atoms with Crippen molar-refractivity contribution >= 4 is 0 Å². The van der Waals surface area contributed by atoms with E-state index in [-0.39, 0.29) is 11.7 Å². The van der Waals surface area contributed by atoms with E-state index in [1.165, 1.54) is 0 Å². The van der Waals surface area contributed by atoms with Gasteiger partial charge in [0, 0.05) is 5.92 Å². The lowest BCUT2D eigenvalue weighted by molar-refractivity contribution is -0.128. The molecule has 0 radical (unpaired) electrons. The van der Waals surface area contributed by atoms with Gasteiger partial charge in [0.15, 0.2) is 5.82 Å². The van der Waals surface area contributed by atoms with Crippen molar-refractivity contribution in [2.24, 2.45) is 0 Å². The number of hydrogen-bond donors (Lipinski definition) is 2. The minimum Gasteiger partial charge on any atom is -0.317 e. The van der Waals surface area contributed by atoms with E-state index in [9.17, 15) is 13.2 Å². The van der Waals surface area contributed by atoms with Crippen LogP contribution in [0.15, 0.2) is 0 Å². The monoisotopic (exact) mass is 234 g/mol. The lowest BCUT2D eigenvalue weighted by Crippen LogP contribution is -2.27. The molecule has 1 aliphatic rings. The summed E-state index contributed by atoms with van der Waals surface area (Å²) in [4.78, 5) is 3.90. The van der Waals surface area contributed by atoms with Crippen molar-refractivity contribution in [3.8, 4) is 0 Å². The Labute approximate surface area is 90.6 Å². The Balaban J connectivity index is 2.01. The quantitative estimate of drug-likeness (QED) is 0.812. The SMILES string of the molecule is FC(F)(F)Cc1nc(C2CCNCC2)n[nH]1. The maximum atomic E-state index is 12.1. The van der Waals surface area contributed by atoms with Crippen LogP contribution in [0.1, 0.15) is 30.4 Å². The summed E-state index contributed by atoms with van der Waals surface area (Å²) in [5.74, 6) is 0.598. The van der Waals surface area contributed by atoms with Crippen LogP contribution in [0.4, 0.5) is 13.2 Å². The third-order valence-corrected chi connectivity index (χ3v) is 2.62. The fourth-order valence-corrected chi connectivity index (χ4v) is 1.84. The molecule has 0 bridgehead atoms. The van der Waals surface area contributed by atoms with Crippen molar-refractivity contribution in [2.45, 2.75) is 31.4 Å². The zero-order valence-electron chi connectivity index (χ0n) is 8.64. The minimum atomic E-state index is -4.23. The molecule has 0 atom stereocenters. The molecule has 90 valence electrons. The zero-order valence-corrected chi connectivity index (χ0v) is 8.64. The number of alkyl halides is 3. The normalized spacial score (nSPS) is 18.9. The summed E-state index contributed by atoms with van der Waals surface area (Å²) >= 11 is 0. The third-order valence-electron chi connectivity index (χ3n) is 2.62. The Morgan fingerprint density at radius 1 is 1.25 bits per heavy atom. The molecule has 2 rings (SSSR count). The Morgan fingerprint density at radius 2 is 1.94 bits per heavy atom. The van der Waals surface area contributed by atoms with Crippen LogP contribution in [0.25, 0.3) is 0 Å². The summed E-state index contributed by atoms with van der Waals surface area (Å²) in [6, 6.07) is 0. The molecule has 1 fully saturated rings. The minimum absolute atomic E-state index is 0.0963. The summed E-state index contributed by atoms with van der Waals surface area (Å²) in [5, 5.41) is 9.40. The molecular weight excluding hydrogens is 221 g/mol.